The quantitative estimate of drug-likeness (QED) is 0.656. The lowest BCUT2D eigenvalue weighted by molar-refractivity contribution is 0.0897. The second kappa shape index (κ2) is 7.25. The van der Waals surface area contributed by atoms with Crippen LogP contribution in [0.4, 0.5) is 4.39 Å². The van der Waals surface area contributed by atoms with Crippen LogP contribution >= 0.6 is 0 Å². The van der Waals surface area contributed by atoms with Crippen molar-refractivity contribution in [3.63, 3.8) is 0 Å². The first-order chi connectivity index (χ1) is 12.4. The van der Waals surface area contributed by atoms with E-state index < -0.39 is 0 Å². The summed E-state index contributed by atoms with van der Waals surface area (Å²) in [7, 11) is 0. The molecule has 2 aromatic carbocycles. The lowest BCUT2D eigenvalue weighted by Crippen LogP contribution is -2.41. The van der Waals surface area contributed by atoms with Gasteiger partial charge in [0.05, 0.1) is 23.9 Å². The van der Waals surface area contributed by atoms with Crippen LogP contribution in [0.25, 0.3) is 22.2 Å². The highest BCUT2D eigenvalue weighted by Crippen LogP contribution is 2.29. The molecule has 3 aromatic rings. The van der Waals surface area contributed by atoms with Crippen LogP contribution in [-0.4, -0.2) is 33.9 Å². The molecule has 6 heteroatoms. The smallest absolute Gasteiger partial charge is 0.251 e. The number of hydrogen-bond acceptors (Lipinski definition) is 3. The van der Waals surface area contributed by atoms with Gasteiger partial charge in [-0.3, -0.25) is 9.89 Å². The number of aryl methyl sites for hydroxylation is 1. The minimum absolute atomic E-state index is 0.116. The summed E-state index contributed by atoms with van der Waals surface area (Å²) in [5.74, 6) is -0.474. The van der Waals surface area contributed by atoms with E-state index in [0.29, 0.717) is 16.8 Å². The van der Waals surface area contributed by atoms with E-state index in [0.717, 1.165) is 16.5 Å². The number of fused-ring (bicyclic) bond motifs is 1. The number of nitrogens with zero attached hydrogens (tertiary/aromatic N) is 1. The number of nitrogens with one attached hydrogen (secondary N) is 2. The molecular weight excluding hydrogens is 333 g/mol. The third-order valence-electron chi connectivity index (χ3n) is 4.54. The molecule has 1 heterocycles. The summed E-state index contributed by atoms with van der Waals surface area (Å²) in [6.07, 6.45) is 0. The number of aromatic amines is 1. The van der Waals surface area contributed by atoms with Gasteiger partial charge in [0.15, 0.2) is 0 Å². The van der Waals surface area contributed by atoms with Gasteiger partial charge in [0.1, 0.15) is 5.82 Å². The number of amides is 1. The van der Waals surface area contributed by atoms with Crippen LogP contribution < -0.4 is 5.32 Å². The van der Waals surface area contributed by atoms with Crippen LogP contribution in [0.5, 0.6) is 0 Å². The molecule has 1 atom stereocenters. The Morgan fingerprint density at radius 1 is 1.31 bits per heavy atom. The first-order valence-corrected chi connectivity index (χ1v) is 8.57. The van der Waals surface area contributed by atoms with Gasteiger partial charge < -0.3 is 10.4 Å². The Morgan fingerprint density at radius 3 is 2.73 bits per heavy atom. The Balaban J connectivity index is 2.03. The highest BCUT2D eigenvalue weighted by atomic mass is 19.1. The maximum Gasteiger partial charge on any atom is 0.251 e. The fourth-order valence-corrected chi connectivity index (χ4v) is 2.96. The number of H-pyrrole nitrogens is 1. The molecule has 1 unspecified atom stereocenters. The number of halogens is 1. The molecule has 0 saturated heterocycles. The normalized spacial score (nSPS) is 12.5. The zero-order valence-corrected chi connectivity index (χ0v) is 15.0. The Kier molecular flexibility index (Phi) is 5.04. The molecule has 0 bridgehead atoms. The van der Waals surface area contributed by atoms with Crippen LogP contribution in [0.3, 0.4) is 0 Å². The number of hydrogen-bond donors (Lipinski definition) is 3. The molecule has 0 aliphatic rings. The van der Waals surface area contributed by atoms with E-state index in [4.69, 9.17) is 0 Å². The maximum atomic E-state index is 13.6. The molecule has 136 valence electrons. The standard InChI is InChI=1S/C20H22FN3O2/c1-11(2)17(10-25)22-20(26)14-7-12(3)18-16(9-14)19(24-23-18)13-5-4-6-15(21)8-13/h4-9,11,17,25H,10H2,1-3H3,(H,22,26)(H,23,24). The summed E-state index contributed by atoms with van der Waals surface area (Å²) in [4.78, 5) is 12.6. The van der Waals surface area contributed by atoms with Crippen molar-refractivity contribution >= 4 is 16.8 Å². The Bertz CT molecular complexity index is 949. The van der Waals surface area contributed by atoms with Gasteiger partial charge in [-0.05, 0) is 42.7 Å². The molecule has 0 aliphatic heterocycles. The summed E-state index contributed by atoms with van der Waals surface area (Å²) < 4.78 is 13.6. The highest BCUT2D eigenvalue weighted by Gasteiger charge is 2.19. The van der Waals surface area contributed by atoms with Crippen molar-refractivity contribution in [2.45, 2.75) is 26.8 Å². The van der Waals surface area contributed by atoms with Gasteiger partial charge in [-0.25, -0.2) is 4.39 Å². The van der Waals surface area contributed by atoms with Crippen LogP contribution in [0.2, 0.25) is 0 Å². The van der Waals surface area contributed by atoms with Crippen molar-refractivity contribution in [1.82, 2.24) is 15.5 Å². The number of aromatic nitrogens is 2. The minimum atomic E-state index is -0.335. The fraction of sp³-hybridized carbons (Fsp3) is 0.300. The second-order valence-corrected chi connectivity index (χ2v) is 6.80. The summed E-state index contributed by atoms with van der Waals surface area (Å²) >= 11 is 0. The number of benzene rings is 2. The zero-order chi connectivity index (χ0) is 18.8. The summed E-state index contributed by atoms with van der Waals surface area (Å²) in [5, 5.41) is 20.3. The monoisotopic (exact) mass is 355 g/mol. The van der Waals surface area contributed by atoms with E-state index in [2.05, 4.69) is 15.5 Å². The number of aliphatic hydroxyl groups excluding tert-OH is 1. The van der Waals surface area contributed by atoms with E-state index >= 15 is 0 Å². The topological polar surface area (TPSA) is 78.0 Å². The molecule has 1 aromatic heterocycles. The van der Waals surface area contributed by atoms with Crippen molar-refractivity contribution in [3.8, 4) is 11.3 Å². The van der Waals surface area contributed by atoms with Crippen LogP contribution in [0.15, 0.2) is 36.4 Å². The van der Waals surface area contributed by atoms with E-state index in [1.165, 1.54) is 12.1 Å². The maximum absolute atomic E-state index is 13.6. The van der Waals surface area contributed by atoms with Crippen LogP contribution in [0, 0.1) is 18.7 Å². The molecule has 0 aliphatic carbocycles. The van der Waals surface area contributed by atoms with Gasteiger partial charge in [-0.1, -0.05) is 26.0 Å². The number of rotatable bonds is 5. The molecule has 0 radical (unpaired) electrons. The van der Waals surface area contributed by atoms with Crippen molar-refractivity contribution in [2.24, 2.45) is 5.92 Å². The molecule has 3 rings (SSSR count). The van der Waals surface area contributed by atoms with Gasteiger partial charge in [0.2, 0.25) is 0 Å². The Hall–Kier alpha value is -2.73. The largest absolute Gasteiger partial charge is 0.394 e. The van der Waals surface area contributed by atoms with Crippen molar-refractivity contribution < 1.29 is 14.3 Å². The van der Waals surface area contributed by atoms with Gasteiger partial charge in [-0.2, -0.15) is 5.10 Å². The molecule has 0 saturated carbocycles. The summed E-state index contributed by atoms with van der Waals surface area (Å²) in [5.41, 5.74) is 3.40. The first kappa shape index (κ1) is 18.1. The third-order valence-corrected chi connectivity index (χ3v) is 4.54. The van der Waals surface area contributed by atoms with Gasteiger partial charge >= 0.3 is 0 Å². The molecule has 5 nitrogen and oxygen atoms in total. The molecule has 1 amide bonds. The van der Waals surface area contributed by atoms with Gasteiger partial charge in [0.25, 0.3) is 5.91 Å². The molecular formula is C20H22FN3O2. The predicted molar refractivity (Wildman–Crippen MR) is 99.4 cm³/mol. The highest BCUT2D eigenvalue weighted by molar-refractivity contribution is 6.02. The third kappa shape index (κ3) is 3.46. The Labute approximate surface area is 151 Å². The lowest BCUT2D eigenvalue weighted by atomic mass is 10.0. The molecule has 0 spiro atoms. The number of carbonyl (C=O) groups is 1. The average Bonchev–Trinajstić information content (AvgIpc) is 3.03. The Morgan fingerprint density at radius 2 is 2.08 bits per heavy atom. The van der Waals surface area contributed by atoms with E-state index in [1.54, 1.807) is 24.3 Å². The van der Waals surface area contributed by atoms with Crippen molar-refractivity contribution in [2.75, 3.05) is 6.61 Å². The van der Waals surface area contributed by atoms with E-state index in [1.807, 2.05) is 20.8 Å². The van der Waals surface area contributed by atoms with Crippen LogP contribution in [-0.2, 0) is 0 Å². The molecule has 0 fully saturated rings. The van der Waals surface area contributed by atoms with Gasteiger partial charge in [0, 0.05) is 16.5 Å². The van der Waals surface area contributed by atoms with Gasteiger partial charge in [-0.15, -0.1) is 0 Å². The lowest BCUT2D eigenvalue weighted by Gasteiger charge is -2.20. The molecule has 26 heavy (non-hydrogen) atoms. The average molecular weight is 355 g/mol. The van der Waals surface area contributed by atoms with Crippen molar-refractivity contribution in [3.05, 3.63) is 53.3 Å². The predicted octanol–water partition coefficient (Wildman–Crippen LogP) is 3.42. The zero-order valence-electron chi connectivity index (χ0n) is 15.0. The van der Waals surface area contributed by atoms with E-state index in [-0.39, 0.29) is 30.3 Å². The van der Waals surface area contributed by atoms with Crippen LogP contribution in [0.1, 0.15) is 29.8 Å². The SMILES string of the molecule is Cc1cc(C(=O)NC(CO)C(C)C)cc2c(-c3cccc(F)c3)[nH]nc12. The minimum Gasteiger partial charge on any atom is -0.394 e. The summed E-state index contributed by atoms with van der Waals surface area (Å²) in [6.45, 7) is 5.63. The summed E-state index contributed by atoms with van der Waals surface area (Å²) in [6, 6.07) is 9.43. The van der Waals surface area contributed by atoms with Crippen molar-refractivity contribution in [1.29, 1.82) is 0 Å². The second-order valence-electron chi connectivity index (χ2n) is 6.80. The number of aliphatic hydroxyl groups is 1. The first-order valence-electron chi connectivity index (χ1n) is 8.57. The van der Waals surface area contributed by atoms with E-state index in [9.17, 15) is 14.3 Å². The number of carbonyl (C=O) groups excluding carboxylic acids is 1. The molecule has 3 N–H and O–H groups in total. The fourth-order valence-electron chi connectivity index (χ4n) is 2.96.